The summed E-state index contributed by atoms with van der Waals surface area (Å²) in [5.74, 6) is 1.03. The van der Waals surface area contributed by atoms with Crippen LogP contribution in [0.25, 0.3) is 0 Å². The van der Waals surface area contributed by atoms with Gasteiger partial charge in [-0.2, -0.15) is 0 Å². The molecule has 0 aromatic heterocycles. The van der Waals surface area contributed by atoms with E-state index in [9.17, 15) is 4.79 Å². The quantitative estimate of drug-likeness (QED) is 0.805. The van der Waals surface area contributed by atoms with E-state index in [0.717, 1.165) is 22.4 Å². The number of methoxy groups -OCH3 is 1. The fraction of sp³-hybridized carbons (Fsp3) is 0.235. The number of ketones is 1. The molecule has 0 saturated heterocycles. The maximum Gasteiger partial charge on any atom is 0.138 e. The molecule has 0 radical (unpaired) electrons. The van der Waals surface area contributed by atoms with Gasteiger partial charge in [0, 0.05) is 18.8 Å². The number of rotatable bonds is 2. The number of halogens is 2. The fourth-order valence-corrected chi connectivity index (χ4v) is 3.16. The molecular formula is C17H14Cl2O2. The maximum absolute atomic E-state index is 12.1. The molecule has 0 heterocycles. The van der Waals surface area contributed by atoms with Crippen LogP contribution in [0.1, 0.15) is 29.0 Å². The Morgan fingerprint density at radius 1 is 1.10 bits per heavy atom. The van der Waals surface area contributed by atoms with E-state index in [4.69, 9.17) is 27.9 Å². The van der Waals surface area contributed by atoms with E-state index in [1.165, 1.54) is 0 Å². The Labute approximate surface area is 133 Å². The van der Waals surface area contributed by atoms with Crippen molar-refractivity contribution in [2.75, 3.05) is 7.11 Å². The minimum atomic E-state index is 0.0296. The van der Waals surface area contributed by atoms with Gasteiger partial charge in [0.25, 0.3) is 0 Å². The van der Waals surface area contributed by atoms with Gasteiger partial charge >= 0.3 is 0 Å². The zero-order chi connectivity index (χ0) is 15.0. The Balaban J connectivity index is 2.08. The zero-order valence-electron chi connectivity index (χ0n) is 11.5. The van der Waals surface area contributed by atoms with Crippen LogP contribution < -0.4 is 4.74 Å². The molecule has 0 amide bonds. The van der Waals surface area contributed by atoms with E-state index < -0.39 is 0 Å². The van der Waals surface area contributed by atoms with E-state index in [1.54, 1.807) is 13.2 Å². The molecular weight excluding hydrogens is 307 g/mol. The summed E-state index contributed by atoms with van der Waals surface area (Å²) >= 11 is 12.1. The largest absolute Gasteiger partial charge is 0.497 e. The first kappa shape index (κ1) is 14.4. The van der Waals surface area contributed by atoms with Gasteiger partial charge in [-0.25, -0.2) is 0 Å². The number of carbonyl (C=O) groups excluding carboxylic acids is 1. The van der Waals surface area contributed by atoms with Crippen LogP contribution in [0, 0.1) is 0 Å². The average molecular weight is 321 g/mol. The molecule has 4 heteroatoms. The first-order valence-electron chi connectivity index (χ1n) is 6.72. The molecule has 1 atom stereocenters. The predicted molar refractivity (Wildman–Crippen MR) is 84.6 cm³/mol. The van der Waals surface area contributed by atoms with Crippen LogP contribution in [0.5, 0.6) is 5.75 Å². The van der Waals surface area contributed by atoms with Crippen molar-refractivity contribution in [1.82, 2.24) is 0 Å². The Bertz CT molecular complexity index is 710. The second-order valence-electron chi connectivity index (χ2n) is 5.21. The van der Waals surface area contributed by atoms with Crippen molar-refractivity contribution < 1.29 is 9.53 Å². The van der Waals surface area contributed by atoms with E-state index in [-0.39, 0.29) is 11.7 Å². The van der Waals surface area contributed by atoms with Crippen molar-refractivity contribution in [3.05, 3.63) is 63.1 Å². The van der Waals surface area contributed by atoms with Gasteiger partial charge < -0.3 is 4.74 Å². The van der Waals surface area contributed by atoms with Crippen molar-refractivity contribution >= 4 is 29.0 Å². The van der Waals surface area contributed by atoms with Crippen LogP contribution in [0.2, 0.25) is 10.0 Å². The first-order valence-corrected chi connectivity index (χ1v) is 7.47. The summed E-state index contributed by atoms with van der Waals surface area (Å²) in [5, 5.41) is 1.04. The van der Waals surface area contributed by atoms with E-state index in [1.807, 2.05) is 30.3 Å². The summed E-state index contributed by atoms with van der Waals surface area (Å²) < 4.78 is 5.24. The van der Waals surface area contributed by atoms with Gasteiger partial charge in [-0.05, 0) is 41.0 Å². The highest BCUT2D eigenvalue weighted by molar-refractivity contribution is 6.42. The number of carbonyl (C=O) groups is 1. The second-order valence-corrected chi connectivity index (χ2v) is 6.02. The number of hydrogen-bond donors (Lipinski definition) is 0. The molecule has 1 unspecified atom stereocenters. The summed E-state index contributed by atoms with van der Waals surface area (Å²) in [6.45, 7) is 0. The molecule has 0 saturated carbocycles. The highest BCUT2D eigenvalue weighted by atomic mass is 35.5. The van der Waals surface area contributed by atoms with Crippen LogP contribution >= 0.6 is 23.2 Å². The van der Waals surface area contributed by atoms with E-state index >= 15 is 0 Å². The molecule has 3 rings (SSSR count). The molecule has 21 heavy (non-hydrogen) atoms. The Hall–Kier alpha value is -1.51. The molecule has 2 nitrogen and oxygen atoms in total. The van der Waals surface area contributed by atoms with Gasteiger partial charge in [0.2, 0.25) is 0 Å². The molecule has 0 fully saturated rings. The highest BCUT2D eigenvalue weighted by Crippen LogP contribution is 2.38. The van der Waals surface area contributed by atoms with Crippen molar-refractivity contribution in [1.29, 1.82) is 0 Å². The van der Waals surface area contributed by atoms with Crippen LogP contribution in [0.15, 0.2) is 36.4 Å². The Morgan fingerprint density at radius 3 is 2.62 bits per heavy atom. The summed E-state index contributed by atoms with van der Waals surface area (Å²) in [6, 6.07) is 11.5. The number of Topliss-reactive ketones (excluding diaryl/α,β-unsaturated/α-hetero) is 1. The fourth-order valence-electron chi connectivity index (χ4n) is 2.85. The average Bonchev–Trinajstić information content (AvgIpc) is 2.48. The Kier molecular flexibility index (Phi) is 3.92. The van der Waals surface area contributed by atoms with Gasteiger partial charge in [0.05, 0.1) is 17.2 Å². The molecule has 0 N–H and O–H groups in total. The Morgan fingerprint density at radius 2 is 1.90 bits per heavy atom. The van der Waals surface area contributed by atoms with Crippen molar-refractivity contribution in [2.24, 2.45) is 0 Å². The second kappa shape index (κ2) is 5.70. The first-order chi connectivity index (χ1) is 10.1. The molecule has 0 aliphatic heterocycles. The monoisotopic (exact) mass is 320 g/mol. The number of benzene rings is 2. The third kappa shape index (κ3) is 2.78. The SMILES string of the molecule is COc1ccc2c(c1)CC(=O)CC2c1ccc(Cl)c(Cl)c1. The standard InChI is InChI=1S/C17H14Cl2O2/c1-21-13-3-4-14-11(7-13)6-12(20)9-15(14)10-2-5-16(18)17(19)8-10/h2-5,7-8,15H,6,9H2,1H3. The van der Waals surface area contributed by atoms with Crippen molar-refractivity contribution in [3.63, 3.8) is 0 Å². The third-order valence-electron chi connectivity index (χ3n) is 3.89. The summed E-state index contributed by atoms with van der Waals surface area (Å²) in [5.41, 5.74) is 3.21. The van der Waals surface area contributed by atoms with Crippen LogP contribution in [0.4, 0.5) is 0 Å². The lowest BCUT2D eigenvalue weighted by Crippen LogP contribution is -2.19. The lowest BCUT2D eigenvalue weighted by atomic mass is 9.78. The normalized spacial score (nSPS) is 17.5. The van der Waals surface area contributed by atoms with Gasteiger partial charge in [-0.15, -0.1) is 0 Å². The summed E-state index contributed by atoms with van der Waals surface area (Å²) in [6.07, 6.45) is 0.960. The molecule has 1 aliphatic rings. The van der Waals surface area contributed by atoms with Gasteiger partial charge in [0.1, 0.15) is 11.5 Å². The number of hydrogen-bond acceptors (Lipinski definition) is 2. The number of ether oxygens (including phenoxy) is 1. The van der Waals surface area contributed by atoms with Crippen molar-refractivity contribution in [3.8, 4) is 5.75 Å². The van der Waals surface area contributed by atoms with Gasteiger partial charge in [-0.1, -0.05) is 35.3 Å². The molecule has 2 aromatic rings. The highest BCUT2D eigenvalue weighted by Gasteiger charge is 2.27. The minimum Gasteiger partial charge on any atom is -0.497 e. The molecule has 1 aliphatic carbocycles. The topological polar surface area (TPSA) is 26.3 Å². The summed E-state index contributed by atoms with van der Waals surface area (Å²) in [4.78, 5) is 12.1. The maximum atomic E-state index is 12.1. The predicted octanol–water partition coefficient (Wildman–Crippen LogP) is 4.65. The summed E-state index contributed by atoms with van der Waals surface area (Å²) in [7, 11) is 1.63. The third-order valence-corrected chi connectivity index (χ3v) is 4.63. The lowest BCUT2D eigenvalue weighted by Gasteiger charge is -2.26. The lowest BCUT2D eigenvalue weighted by molar-refractivity contribution is -0.119. The molecule has 0 bridgehead atoms. The molecule has 0 spiro atoms. The van der Waals surface area contributed by atoms with Crippen molar-refractivity contribution in [2.45, 2.75) is 18.8 Å². The van der Waals surface area contributed by atoms with Gasteiger partial charge in [-0.3, -0.25) is 4.79 Å². The molecule has 108 valence electrons. The molecule has 2 aromatic carbocycles. The smallest absolute Gasteiger partial charge is 0.138 e. The van der Waals surface area contributed by atoms with Gasteiger partial charge in [0.15, 0.2) is 0 Å². The van der Waals surface area contributed by atoms with Crippen LogP contribution in [-0.2, 0) is 11.2 Å². The van der Waals surface area contributed by atoms with Crippen LogP contribution in [0.3, 0.4) is 0 Å². The zero-order valence-corrected chi connectivity index (χ0v) is 13.0. The van der Waals surface area contributed by atoms with Crippen LogP contribution in [-0.4, -0.2) is 12.9 Å². The number of fused-ring (bicyclic) bond motifs is 1. The van der Waals surface area contributed by atoms with E-state index in [2.05, 4.69) is 0 Å². The van der Waals surface area contributed by atoms with E-state index in [0.29, 0.717) is 22.9 Å². The minimum absolute atomic E-state index is 0.0296.